The monoisotopic (exact) mass is 259 g/mol. The largest absolute Gasteiger partial charge is 0.396 e. The number of hydrogen-bond donors (Lipinski definition) is 2. The average Bonchev–Trinajstić information content (AvgIpc) is 2.98. The Bertz CT molecular complexity index is 439. The summed E-state index contributed by atoms with van der Waals surface area (Å²) in [6.07, 6.45) is 6.46. The molecule has 1 aliphatic carbocycles. The normalized spacial score (nSPS) is 15.9. The van der Waals surface area contributed by atoms with Crippen molar-refractivity contribution in [1.82, 2.24) is 5.32 Å². The fourth-order valence-electron chi connectivity index (χ4n) is 2.43. The second-order valence-electron chi connectivity index (χ2n) is 4.92. The zero-order chi connectivity index (χ0) is 13.5. The molecular formula is C16H21NO2. The molecule has 1 aromatic carbocycles. The van der Waals surface area contributed by atoms with E-state index in [9.17, 15) is 4.79 Å². The fourth-order valence-corrected chi connectivity index (χ4v) is 2.43. The summed E-state index contributed by atoms with van der Waals surface area (Å²) >= 11 is 0. The quantitative estimate of drug-likeness (QED) is 0.825. The van der Waals surface area contributed by atoms with E-state index in [0.29, 0.717) is 6.42 Å². The predicted octanol–water partition coefficient (Wildman–Crippen LogP) is 2.73. The molecule has 0 spiro atoms. The van der Waals surface area contributed by atoms with Crippen LogP contribution in [0, 0.1) is 0 Å². The zero-order valence-corrected chi connectivity index (χ0v) is 11.1. The fraction of sp³-hybridized carbons (Fsp3) is 0.438. The number of hydrogen-bond acceptors (Lipinski definition) is 2. The second kappa shape index (κ2) is 7.10. The Morgan fingerprint density at radius 2 is 2.11 bits per heavy atom. The lowest BCUT2D eigenvalue weighted by Gasteiger charge is -2.19. The first-order chi connectivity index (χ1) is 9.31. The number of amides is 1. The van der Waals surface area contributed by atoms with Crippen molar-refractivity contribution in [3.05, 3.63) is 47.5 Å². The molecule has 19 heavy (non-hydrogen) atoms. The Morgan fingerprint density at radius 1 is 1.32 bits per heavy atom. The van der Waals surface area contributed by atoms with E-state index in [-0.39, 0.29) is 18.6 Å². The molecule has 2 rings (SSSR count). The molecule has 0 saturated carbocycles. The topological polar surface area (TPSA) is 49.3 Å². The molecule has 2 N–H and O–H groups in total. The van der Waals surface area contributed by atoms with E-state index in [4.69, 9.17) is 5.11 Å². The maximum atomic E-state index is 12.2. The molecule has 3 nitrogen and oxygen atoms in total. The van der Waals surface area contributed by atoms with E-state index in [0.717, 1.165) is 36.8 Å². The van der Waals surface area contributed by atoms with E-state index < -0.39 is 0 Å². The van der Waals surface area contributed by atoms with Gasteiger partial charge in [-0.05, 0) is 37.7 Å². The number of nitrogens with one attached hydrogen (secondary N) is 1. The van der Waals surface area contributed by atoms with Crippen LogP contribution in [0.3, 0.4) is 0 Å². The SMILES string of the molecule is O=C(N[C@@H](CCCO)c1ccccc1)C1=CCCC1. The molecule has 0 aliphatic heterocycles. The third kappa shape index (κ3) is 3.93. The number of aliphatic hydroxyl groups is 1. The summed E-state index contributed by atoms with van der Waals surface area (Å²) in [7, 11) is 0. The van der Waals surface area contributed by atoms with Gasteiger partial charge in [0.05, 0.1) is 6.04 Å². The minimum absolute atomic E-state index is 0.0117. The van der Waals surface area contributed by atoms with Crippen LogP contribution >= 0.6 is 0 Å². The summed E-state index contributed by atoms with van der Waals surface area (Å²) in [5.41, 5.74) is 2.01. The molecule has 1 aliphatic rings. The Hall–Kier alpha value is -1.61. The summed E-state index contributed by atoms with van der Waals surface area (Å²) < 4.78 is 0. The van der Waals surface area contributed by atoms with Crippen molar-refractivity contribution in [3.8, 4) is 0 Å². The Kier molecular flexibility index (Phi) is 5.16. The predicted molar refractivity (Wildman–Crippen MR) is 75.6 cm³/mol. The van der Waals surface area contributed by atoms with Crippen molar-refractivity contribution in [3.63, 3.8) is 0 Å². The minimum atomic E-state index is -0.0117. The molecule has 0 saturated heterocycles. The van der Waals surface area contributed by atoms with Gasteiger partial charge in [-0.25, -0.2) is 0 Å². The van der Waals surface area contributed by atoms with Crippen LogP contribution in [0.2, 0.25) is 0 Å². The second-order valence-corrected chi connectivity index (χ2v) is 4.92. The van der Waals surface area contributed by atoms with Crippen LogP contribution < -0.4 is 5.32 Å². The van der Waals surface area contributed by atoms with Crippen LogP contribution in [0.15, 0.2) is 42.0 Å². The average molecular weight is 259 g/mol. The van der Waals surface area contributed by atoms with Gasteiger partial charge >= 0.3 is 0 Å². The Morgan fingerprint density at radius 3 is 2.74 bits per heavy atom. The van der Waals surface area contributed by atoms with E-state index in [1.54, 1.807) is 0 Å². The number of allylic oxidation sites excluding steroid dienone is 1. The van der Waals surface area contributed by atoms with Crippen LogP contribution in [0.1, 0.15) is 43.7 Å². The van der Waals surface area contributed by atoms with Gasteiger partial charge in [-0.1, -0.05) is 36.4 Å². The third-order valence-electron chi connectivity index (χ3n) is 3.49. The summed E-state index contributed by atoms with van der Waals surface area (Å²) in [6, 6.07) is 9.94. The summed E-state index contributed by atoms with van der Waals surface area (Å²) in [5, 5.41) is 12.1. The lowest BCUT2D eigenvalue weighted by atomic mass is 10.0. The third-order valence-corrected chi connectivity index (χ3v) is 3.49. The lowest BCUT2D eigenvalue weighted by Crippen LogP contribution is -2.29. The molecular weight excluding hydrogens is 238 g/mol. The van der Waals surface area contributed by atoms with Gasteiger partial charge < -0.3 is 10.4 Å². The molecule has 1 amide bonds. The molecule has 1 atom stereocenters. The first-order valence-electron chi connectivity index (χ1n) is 6.97. The van der Waals surface area contributed by atoms with Crippen LogP contribution in [-0.2, 0) is 4.79 Å². The standard InChI is InChI=1S/C16H21NO2/c18-12-6-11-15(13-7-2-1-3-8-13)17-16(19)14-9-4-5-10-14/h1-3,7-9,15,18H,4-6,10-12H2,(H,17,19)/t15-/m0/s1. The lowest BCUT2D eigenvalue weighted by molar-refractivity contribution is -0.118. The van der Waals surface area contributed by atoms with Gasteiger partial charge in [0.1, 0.15) is 0 Å². The van der Waals surface area contributed by atoms with Gasteiger partial charge in [0.15, 0.2) is 0 Å². The molecule has 102 valence electrons. The molecule has 3 heteroatoms. The molecule has 0 unspecified atom stereocenters. The highest BCUT2D eigenvalue weighted by Gasteiger charge is 2.18. The maximum Gasteiger partial charge on any atom is 0.247 e. The molecule has 0 radical (unpaired) electrons. The molecule has 0 heterocycles. The van der Waals surface area contributed by atoms with Gasteiger partial charge in [-0.15, -0.1) is 0 Å². The van der Waals surface area contributed by atoms with Gasteiger partial charge in [0.2, 0.25) is 5.91 Å². The van der Waals surface area contributed by atoms with Crippen LogP contribution in [0.25, 0.3) is 0 Å². The van der Waals surface area contributed by atoms with Crippen molar-refractivity contribution in [2.45, 2.75) is 38.1 Å². The zero-order valence-electron chi connectivity index (χ0n) is 11.1. The number of carbonyl (C=O) groups excluding carboxylic acids is 1. The number of benzene rings is 1. The van der Waals surface area contributed by atoms with E-state index in [2.05, 4.69) is 5.32 Å². The molecule has 0 bridgehead atoms. The first kappa shape index (κ1) is 13.8. The maximum absolute atomic E-state index is 12.2. The molecule has 0 fully saturated rings. The van der Waals surface area contributed by atoms with Crippen molar-refractivity contribution in [1.29, 1.82) is 0 Å². The van der Waals surface area contributed by atoms with E-state index in [1.165, 1.54) is 0 Å². The number of aliphatic hydroxyl groups excluding tert-OH is 1. The summed E-state index contributed by atoms with van der Waals surface area (Å²) in [5.74, 6) is 0.0456. The smallest absolute Gasteiger partial charge is 0.247 e. The highest BCUT2D eigenvalue weighted by molar-refractivity contribution is 5.94. The summed E-state index contributed by atoms with van der Waals surface area (Å²) in [6.45, 7) is 0.155. The van der Waals surface area contributed by atoms with Crippen LogP contribution in [0.4, 0.5) is 0 Å². The van der Waals surface area contributed by atoms with Crippen molar-refractivity contribution < 1.29 is 9.90 Å². The first-order valence-corrected chi connectivity index (χ1v) is 6.97. The van der Waals surface area contributed by atoms with Crippen molar-refractivity contribution >= 4 is 5.91 Å². The van der Waals surface area contributed by atoms with Gasteiger partial charge in [0.25, 0.3) is 0 Å². The molecule has 1 aromatic rings. The number of carbonyl (C=O) groups is 1. The Labute approximate surface area is 114 Å². The van der Waals surface area contributed by atoms with Crippen molar-refractivity contribution in [2.24, 2.45) is 0 Å². The minimum Gasteiger partial charge on any atom is -0.396 e. The van der Waals surface area contributed by atoms with Gasteiger partial charge in [-0.3, -0.25) is 4.79 Å². The highest BCUT2D eigenvalue weighted by Crippen LogP contribution is 2.22. The number of rotatable bonds is 6. The van der Waals surface area contributed by atoms with Gasteiger partial charge in [-0.2, -0.15) is 0 Å². The molecule has 0 aromatic heterocycles. The summed E-state index contributed by atoms with van der Waals surface area (Å²) in [4.78, 5) is 12.2. The van der Waals surface area contributed by atoms with Gasteiger partial charge in [0, 0.05) is 12.2 Å². The highest BCUT2D eigenvalue weighted by atomic mass is 16.3. The van der Waals surface area contributed by atoms with Crippen LogP contribution in [0.5, 0.6) is 0 Å². The van der Waals surface area contributed by atoms with Crippen molar-refractivity contribution in [2.75, 3.05) is 6.61 Å². The Balaban J connectivity index is 2.03. The van der Waals surface area contributed by atoms with E-state index in [1.807, 2.05) is 36.4 Å². The van der Waals surface area contributed by atoms with E-state index >= 15 is 0 Å². The van der Waals surface area contributed by atoms with Crippen LogP contribution in [-0.4, -0.2) is 17.6 Å².